The summed E-state index contributed by atoms with van der Waals surface area (Å²) in [6.45, 7) is 8.70. The van der Waals surface area contributed by atoms with E-state index in [4.69, 9.17) is 0 Å². The number of allylic oxidation sites excluding steroid dienone is 5. The van der Waals surface area contributed by atoms with E-state index in [2.05, 4.69) is 57.7 Å². The third kappa shape index (κ3) is 8.32. The number of hydrogen-bond acceptors (Lipinski definition) is 0. The second-order valence-electron chi connectivity index (χ2n) is 4.11. The van der Waals surface area contributed by atoms with Crippen molar-refractivity contribution in [1.29, 1.82) is 0 Å². The molecule has 0 fully saturated rings. The Morgan fingerprint density at radius 1 is 1.25 bits per heavy atom. The van der Waals surface area contributed by atoms with Crippen molar-refractivity contribution in [3.05, 3.63) is 41.2 Å². The maximum absolute atomic E-state index is 3.40. The molecular formula is C16H26. The van der Waals surface area contributed by atoms with Crippen LogP contribution in [-0.4, -0.2) is 0 Å². The largest absolute Gasteiger partial charge is 0.125 e. The van der Waals surface area contributed by atoms with Crippen LogP contribution in [0.25, 0.3) is 0 Å². The molecule has 0 N–H and O–H groups in total. The zero-order chi connectivity index (χ0) is 12.2. The molecule has 0 radical (unpaired) electrons. The minimum Gasteiger partial charge on any atom is -0.125 e. The van der Waals surface area contributed by atoms with E-state index in [1.807, 2.05) is 0 Å². The summed E-state index contributed by atoms with van der Waals surface area (Å²) in [5, 5.41) is 0. The Morgan fingerprint density at radius 3 is 2.56 bits per heavy atom. The van der Waals surface area contributed by atoms with Crippen LogP contribution < -0.4 is 0 Å². The van der Waals surface area contributed by atoms with Crippen LogP contribution in [-0.2, 0) is 0 Å². The molecule has 0 nitrogen and oxygen atoms in total. The summed E-state index contributed by atoms with van der Waals surface area (Å²) in [6.07, 6.45) is 14.3. The van der Waals surface area contributed by atoms with E-state index in [0.29, 0.717) is 0 Å². The molecule has 0 aromatic carbocycles. The van der Waals surface area contributed by atoms with Gasteiger partial charge in [0.05, 0.1) is 0 Å². The van der Waals surface area contributed by atoms with E-state index in [9.17, 15) is 0 Å². The molecule has 0 heterocycles. The van der Waals surface area contributed by atoms with Gasteiger partial charge in [-0.3, -0.25) is 0 Å². The Kier molecular flexibility index (Phi) is 9.86. The SMILES string of the molecule is CC=CCC=C=C(CC)CC=C(C)CCC. The average molecular weight is 218 g/mol. The minimum absolute atomic E-state index is 0.998. The standard InChI is InChI=1S/C16H26/c1-5-8-9-10-12-16(7-3)14-13-15(4)11-6-2/h5,8,10,13H,6-7,9,11,14H2,1-4H3. The van der Waals surface area contributed by atoms with E-state index in [0.717, 1.165) is 19.3 Å². The molecule has 0 rings (SSSR count). The highest BCUT2D eigenvalue weighted by Crippen LogP contribution is 2.11. The summed E-state index contributed by atoms with van der Waals surface area (Å²) >= 11 is 0. The highest BCUT2D eigenvalue weighted by atomic mass is 14.0. The van der Waals surface area contributed by atoms with Crippen LogP contribution in [0.4, 0.5) is 0 Å². The van der Waals surface area contributed by atoms with Gasteiger partial charge in [-0.25, -0.2) is 0 Å². The van der Waals surface area contributed by atoms with Crippen molar-refractivity contribution in [1.82, 2.24) is 0 Å². The van der Waals surface area contributed by atoms with Gasteiger partial charge in [-0.1, -0.05) is 44.1 Å². The van der Waals surface area contributed by atoms with Gasteiger partial charge in [-0.15, -0.1) is 5.73 Å². The summed E-state index contributed by atoms with van der Waals surface area (Å²) in [5.74, 6) is 0. The zero-order valence-electron chi connectivity index (χ0n) is 11.3. The lowest BCUT2D eigenvalue weighted by Gasteiger charge is -1.99. The van der Waals surface area contributed by atoms with Crippen molar-refractivity contribution in [2.75, 3.05) is 0 Å². The molecule has 0 amide bonds. The van der Waals surface area contributed by atoms with E-state index in [-0.39, 0.29) is 0 Å². The second kappa shape index (κ2) is 10.5. The van der Waals surface area contributed by atoms with Crippen molar-refractivity contribution in [2.24, 2.45) is 0 Å². The second-order valence-corrected chi connectivity index (χ2v) is 4.11. The predicted octanol–water partition coefficient (Wildman–Crippen LogP) is 5.58. The molecule has 0 heteroatoms. The third-order valence-corrected chi connectivity index (χ3v) is 2.56. The van der Waals surface area contributed by atoms with Crippen LogP contribution in [0.3, 0.4) is 0 Å². The molecule has 0 aromatic heterocycles. The van der Waals surface area contributed by atoms with Gasteiger partial charge in [0.25, 0.3) is 0 Å². The summed E-state index contributed by atoms with van der Waals surface area (Å²) in [7, 11) is 0. The Hall–Kier alpha value is -1.00. The van der Waals surface area contributed by atoms with E-state index in [1.165, 1.54) is 24.0 Å². The van der Waals surface area contributed by atoms with Crippen molar-refractivity contribution in [3.63, 3.8) is 0 Å². The lowest BCUT2D eigenvalue weighted by molar-refractivity contribution is 0.893. The molecule has 0 aliphatic carbocycles. The van der Waals surface area contributed by atoms with Gasteiger partial charge < -0.3 is 0 Å². The molecule has 0 aromatic rings. The van der Waals surface area contributed by atoms with Gasteiger partial charge in [0.2, 0.25) is 0 Å². The van der Waals surface area contributed by atoms with Gasteiger partial charge >= 0.3 is 0 Å². The quantitative estimate of drug-likeness (QED) is 0.386. The van der Waals surface area contributed by atoms with Crippen LogP contribution >= 0.6 is 0 Å². The molecule has 0 saturated carbocycles. The van der Waals surface area contributed by atoms with Crippen LogP contribution in [0.15, 0.2) is 41.2 Å². The van der Waals surface area contributed by atoms with Gasteiger partial charge in [0.15, 0.2) is 0 Å². The molecule has 0 bridgehead atoms. The molecule has 0 atom stereocenters. The monoisotopic (exact) mass is 218 g/mol. The molecule has 0 spiro atoms. The van der Waals surface area contributed by atoms with E-state index in [1.54, 1.807) is 0 Å². The topological polar surface area (TPSA) is 0 Å². The fourth-order valence-electron chi connectivity index (χ4n) is 1.51. The van der Waals surface area contributed by atoms with Gasteiger partial charge in [0, 0.05) is 0 Å². The first-order valence-corrected chi connectivity index (χ1v) is 6.44. The lowest BCUT2D eigenvalue weighted by Crippen LogP contribution is -1.80. The molecular weight excluding hydrogens is 192 g/mol. The average Bonchev–Trinajstić information content (AvgIpc) is 2.28. The van der Waals surface area contributed by atoms with Crippen LogP contribution in [0.5, 0.6) is 0 Å². The molecule has 90 valence electrons. The highest BCUT2D eigenvalue weighted by molar-refractivity contribution is 5.11. The molecule has 0 saturated heterocycles. The third-order valence-electron chi connectivity index (χ3n) is 2.56. The van der Waals surface area contributed by atoms with E-state index >= 15 is 0 Å². The molecule has 0 unspecified atom stereocenters. The van der Waals surface area contributed by atoms with Crippen LogP contribution in [0, 0.1) is 0 Å². The summed E-state index contributed by atoms with van der Waals surface area (Å²) in [4.78, 5) is 0. The lowest BCUT2D eigenvalue weighted by atomic mass is 10.1. The Labute approximate surface area is 101 Å². The van der Waals surface area contributed by atoms with Crippen molar-refractivity contribution < 1.29 is 0 Å². The zero-order valence-corrected chi connectivity index (χ0v) is 11.3. The Bertz CT molecular complexity index is 283. The highest BCUT2D eigenvalue weighted by Gasteiger charge is 1.91. The molecule has 0 aliphatic heterocycles. The van der Waals surface area contributed by atoms with Gasteiger partial charge in [0.1, 0.15) is 0 Å². The Morgan fingerprint density at radius 2 is 2.00 bits per heavy atom. The van der Waals surface area contributed by atoms with Crippen molar-refractivity contribution in [3.8, 4) is 0 Å². The first kappa shape index (κ1) is 15.0. The maximum Gasteiger partial charge on any atom is -0.00602 e. The van der Waals surface area contributed by atoms with Crippen molar-refractivity contribution >= 4 is 0 Å². The normalized spacial score (nSPS) is 11.6. The molecule has 0 aliphatic rings. The first-order valence-electron chi connectivity index (χ1n) is 6.44. The van der Waals surface area contributed by atoms with Gasteiger partial charge in [-0.05, 0) is 51.2 Å². The van der Waals surface area contributed by atoms with Crippen LogP contribution in [0.2, 0.25) is 0 Å². The van der Waals surface area contributed by atoms with E-state index < -0.39 is 0 Å². The summed E-state index contributed by atoms with van der Waals surface area (Å²) < 4.78 is 0. The summed E-state index contributed by atoms with van der Waals surface area (Å²) in [6, 6.07) is 0. The first-order chi connectivity index (χ1) is 7.74. The fraction of sp³-hybridized carbons (Fsp3) is 0.562. The molecule has 16 heavy (non-hydrogen) atoms. The maximum atomic E-state index is 3.40. The number of hydrogen-bond donors (Lipinski definition) is 0. The smallest absolute Gasteiger partial charge is 0.00602 e. The Balaban J connectivity index is 4.29. The predicted molar refractivity (Wildman–Crippen MR) is 74.6 cm³/mol. The van der Waals surface area contributed by atoms with Crippen LogP contribution in [0.1, 0.15) is 59.8 Å². The summed E-state index contributed by atoms with van der Waals surface area (Å²) in [5.41, 5.74) is 6.30. The fourth-order valence-corrected chi connectivity index (χ4v) is 1.51. The van der Waals surface area contributed by atoms with Gasteiger partial charge in [-0.2, -0.15) is 0 Å². The number of rotatable bonds is 7. The van der Waals surface area contributed by atoms with Crippen molar-refractivity contribution in [2.45, 2.75) is 59.8 Å². The minimum atomic E-state index is 0.998.